The molecule has 0 bridgehead atoms. The molecule has 0 aromatic heterocycles. The summed E-state index contributed by atoms with van der Waals surface area (Å²) >= 11 is 0. The Hall–Kier alpha value is -0.620. The van der Waals surface area contributed by atoms with Crippen LogP contribution in [-0.2, 0) is 19.4 Å². The summed E-state index contributed by atoms with van der Waals surface area (Å²) in [7, 11) is -2.97. The molecule has 17 heavy (non-hydrogen) atoms. The quantitative estimate of drug-likeness (QED) is 0.702. The Kier molecular flexibility index (Phi) is 5.39. The summed E-state index contributed by atoms with van der Waals surface area (Å²) in [4.78, 5) is 11.6. The van der Waals surface area contributed by atoms with Gasteiger partial charge in [0.2, 0.25) is 5.91 Å². The highest BCUT2D eigenvalue weighted by Gasteiger charge is 2.32. The van der Waals surface area contributed by atoms with E-state index in [2.05, 4.69) is 5.32 Å². The van der Waals surface area contributed by atoms with E-state index in [-0.39, 0.29) is 29.4 Å². The van der Waals surface area contributed by atoms with Crippen molar-refractivity contribution in [1.29, 1.82) is 0 Å². The summed E-state index contributed by atoms with van der Waals surface area (Å²) < 4.78 is 27.7. The highest BCUT2D eigenvalue weighted by Crippen LogP contribution is 2.18. The maximum absolute atomic E-state index is 11.6. The Morgan fingerprint density at radius 2 is 2.18 bits per heavy atom. The molecule has 0 radical (unpaired) electrons. The molecule has 1 atom stereocenters. The van der Waals surface area contributed by atoms with Crippen LogP contribution in [0.2, 0.25) is 0 Å². The molecule has 1 saturated heterocycles. The molecule has 0 aromatic rings. The molecule has 0 saturated carbocycles. The summed E-state index contributed by atoms with van der Waals surface area (Å²) in [5, 5.41) is 2.75. The maximum Gasteiger partial charge on any atom is 0.224 e. The number of ether oxygens (including phenoxy) is 1. The van der Waals surface area contributed by atoms with Crippen molar-refractivity contribution >= 4 is 15.7 Å². The van der Waals surface area contributed by atoms with Crippen LogP contribution in [0.4, 0.5) is 0 Å². The van der Waals surface area contributed by atoms with Crippen molar-refractivity contribution in [2.75, 3.05) is 24.7 Å². The first-order chi connectivity index (χ1) is 7.91. The topological polar surface area (TPSA) is 72.5 Å². The van der Waals surface area contributed by atoms with E-state index in [4.69, 9.17) is 4.74 Å². The summed E-state index contributed by atoms with van der Waals surface area (Å²) in [5.74, 6) is -0.357. The average Bonchev–Trinajstić information content (AvgIpc) is 2.57. The predicted molar refractivity (Wildman–Crippen MR) is 65.5 cm³/mol. The second kappa shape index (κ2) is 6.35. The largest absolute Gasteiger partial charge is 0.379 e. The van der Waals surface area contributed by atoms with E-state index < -0.39 is 9.84 Å². The third-order valence-corrected chi connectivity index (χ3v) is 4.44. The highest BCUT2D eigenvalue weighted by atomic mass is 32.2. The van der Waals surface area contributed by atoms with Crippen LogP contribution in [0, 0.1) is 5.92 Å². The van der Waals surface area contributed by atoms with Crippen LogP contribution >= 0.6 is 0 Å². The van der Waals surface area contributed by atoms with Crippen molar-refractivity contribution in [1.82, 2.24) is 5.32 Å². The third-order valence-electron chi connectivity index (χ3n) is 2.67. The van der Waals surface area contributed by atoms with Crippen LogP contribution in [0.5, 0.6) is 0 Å². The fraction of sp³-hybridized carbons (Fsp3) is 0.909. The van der Waals surface area contributed by atoms with E-state index in [0.717, 1.165) is 6.42 Å². The smallest absolute Gasteiger partial charge is 0.224 e. The van der Waals surface area contributed by atoms with Gasteiger partial charge >= 0.3 is 0 Å². The zero-order valence-electron chi connectivity index (χ0n) is 10.4. The SMILES string of the molecule is CC(C)OCCCNC(=O)[C@H]1CCS(=O)(=O)C1. The monoisotopic (exact) mass is 263 g/mol. The molecule has 1 aliphatic rings. The van der Waals surface area contributed by atoms with E-state index in [0.29, 0.717) is 19.6 Å². The first-order valence-electron chi connectivity index (χ1n) is 6.00. The van der Waals surface area contributed by atoms with Crippen LogP contribution in [0.15, 0.2) is 0 Å². The Bertz CT molecular complexity index is 350. The summed E-state index contributed by atoms with van der Waals surface area (Å²) in [5.41, 5.74) is 0. The Morgan fingerprint density at radius 1 is 1.47 bits per heavy atom. The lowest BCUT2D eigenvalue weighted by Gasteiger charge is -2.10. The van der Waals surface area contributed by atoms with Gasteiger partial charge in [-0.2, -0.15) is 0 Å². The maximum atomic E-state index is 11.6. The van der Waals surface area contributed by atoms with Crippen molar-refractivity contribution in [3.63, 3.8) is 0 Å². The molecule has 0 aliphatic carbocycles. The number of hydrogen-bond donors (Lipinski definition) is 1. The molecular formula is C11H21NO4S. The van der Waals surface area contributed by atoms with E-state index in [9.17, 15) is 13.2 Å². The van der Waals surface area contributed by atoms with Crippen LogP contribution in [0.25, 0.3) is 0 Å². The average molecular weight is 263 g/mol. The van der Waals surface area contributed by atoms with Gasteiger partial charge in [0.1, 0.15) is 0 Å². The zero-order chi connectivity index (χ0) is 12.9. The number of amides is 1. The minimum absolute atomic E-state index is 0.00132. The molecule has 100 valence electrons. The van der Waals surface area contributed by atoms with Crippen LogP contribution in [0.3, 0.4) is 0 Å². The number of sulfone groups is 1. The van der Waals surface area contributed by atoms with Gasteiger partial charge in [0.25, 0.3) is 0 Å². The first-order valence-corrected chi connectivity index (χ1v) is 7.82. The molecule has 0 spiro atoms. The minimum atomic E-state index is -2.97. The molecule has 1 aliphatic heterocycles. The lowest BCUT2D eigenvalue weighted by Crippen LogP contribution is -2.32. The Morgan fingerprint density at radius 3 is 2.71 bits per heavy atom. The van der Waals surface area contributed by atoms with Gasteiger partial charge < -0.3 is 10.1 Å². The van der Waals surface area contributed by atoms with Gasteiger partial charge in [-0.1, -0.05) is 0 Å². The molecule has 0 aromatic carbocycles. The highest BCUT2D eigenvalue weighted by molar-refractivity contribution is 7.91. The number of rotatable bonds is 6. The lowest BCUT2D eigenvalue weighted by atomic mass is 10.1. The molecule has 1 fully saturated rings. The molecule has 1 rings (SSSR count). The van der Waals surface area contributed by atoms with E-state index in [1.54, 1.807) is 0 Å². The van der Waals surface area contributed by atoms with Crippen LogP contribution in [0.1, 0.15) is 26.7 Å². The van der Waals surface area contributed by atoms with Gasteiger partial charge in [-0.05, 0) is 26.7 Å². The van der Waals surface area contributed by atoms with Gasteiger partial charge in [-0.3, -0.25) is 4.79 Å². The zero-order valence-corrected chi connectivity index (χ0v) is 11.3. The fourth-order valence-corrected chi connectivity index (χ4v) is 3.49. The predicted octanol–water partition coefficient (Wildman–Crippen LogP) is 0.352. The minimum Gasteiger partial charge on any atom is -0.379 e. The van der Waals surface area contributed by atoms with Gasteiger partial charge in [0.05, 0.1) is 23.5 Å². The normalized spacial score (nSPS) is 22.9. The molecule has 0 unspecified atom stereocenters. The van der Waals surface area contributed by atoms with Gasteiger partial charge in [-0.25, -0.2) is 8.42 Å². The van der Waals surface area contributed by atoms with Crippen molar-refractivity contribution in [2.24, 2.45) is 5.92 Å². The fourth-order valence-electron chi connectivity index (χ4n) is 1.75. The standard InChI is InChI=1S/C11H21NO4S/c1-9(2)16-6-3-5-12-11(13)10-4-7-17(14,15)8-10/h9-10H,3-8H2,1-2H3,(H,12,13)/t10-/m0/s1. The second-order valence-corrected chi connectivity index (χ2v) is 6.89. The first kappa shape index (κ1) is 14.4. The van der Waals surface area contributed by atoms with Gasteiger partial charge in [0, 0.05) is 13.2 Å². The van der Waals surface area contributed by atoms with E-state index in [1.165, 1.54) is 0 Å². The molecule has 6 heteroatoms. The Balaban J connectivity index is 2.14. The molecular weight excluding hydrogens is 242 g/mol. The second-order valence-electron chi connectivity index (χ2n) is 4.66. The Labute approximate surface area is 103 Å². The van der Waals surface area contributed by atoms with Crippen molar-refractivity contribution in [3.05, 3.63) is 0 Å². The lowest BCUT2D eigenvalue weighted by molar-refractivity contribution is -0.124. The van der Waals surface area contributed by atoms with Crippen LogP contribution < -0.4 is 5.32 Å². The molecule has 1 amide bonds. The molecule has 5 nitrogen and oxygen atoms in total. The van der Waals surface area contributed by atoms with Crippen molar-refractivity contribution in [3.8, 4) is 0 Å². The summed E-state index contributed by atoms with van der Waals surface area (Å²) in [6, 6.07) is 0. The number of nitrogens with one attached hydrogen (secondary N) is 1. The van der Waals surface area contributed by atoms with E-state index in [1.807, 2.05) is 13.8 Å². The summed E-state index contributed by atoms with van der Waals surface area (Å²) in [6.45, 7) is 5.08. The molecule has 1 heterocycles. The number of hydrogen-bond acceptors (Lipinski definition) is 4. The van der Waals surface area contributed by atoms with Crippen molar-refractivity contribution < 1.29 is 17.9 Å². The third kappa shape index (κ3) is 5.50. The van der Waals surface area contributed by atoms with Gasteiger partial charge in [-0.15, -0.1) is 0 Å². The molecule has 1 N–H and O–H groups in total. The number of carbonyl (C=O) groups is 1. The van der Waals surface area contributed by atoms with Gasteiger partial charge in [0.15, 0.2) is 9.84 Å². The summed E-state index contributed by atoms with van der Waals surface area (Å²) in [6.07, 6.45) is 1.41. The van der Waals surface area contributed by atoms with Crippen LogP contribution in [-0.4, -0.2) is 45.1 Å². The number of carbonyl (C=O) groups excluding carboxylic acids is 1. The van der Waals surface area contributed by atoms with Crippen molar-refractivity contribution in [2.45, 2.75) is 32.8 Å². The van der Waals surface area contributed by atoms with E-state index >= 15 is 0 Å².